The molecular formula is C16H26Br2N2O2S. The first kappa shape index (κ1) is 20.9. The summed E-state index contributed by atoms with van der Waals surface area (Å²) in [6, 6.07) is 2.10. The molecule has 0 aromatic carbocycles. The molecule has 1 aromatic rings. The first-order valence-electron chi connectivity index (χ1n) is 7.76. The minimum Gasteiger partial charge on any atom is -0.444 e. The molecule has 1 amide bonds. The van der Waals surface area contributed by atoms with Gasteiger partial charge in [-0.05, 0) is 71.5 Å². The predicted molar refractivity (Wildman–Crippen MR) is 104 cm³/mol. The van der Waals surface area contributed by atoms with Gasteiger partial charge in [0.05, 0.1) is 9.33 Å². The molecule has 23 heavy (non-hydrogen) atoms. The lowest BCUT2D eigenvalue weighted by Gasteiger charge is -2.34. The van der Waals surface area contributed by atoms with E-state index in [-0.39, 0.29) is 11.6 Å². The van der Waals surface area contributed by atoms with Gasteiger partial charge in [0, 0.05) is 22.4 Å². The topological polar surface area (TPSA) is 50.4 Å². The molecule has 132 valence electrons. The van der Waals surface area contributed by atoms with Crippen LogP contribution in [0.4, 0.5) is 4.79 Å². The normalized spacial score (nSPS) is 12.3. The quantitative estimate of drug-likeness (QED) is 0.558. The first-order valence-corrected chi connectivity index (χ1v) is 10.2. The molecule has 0 aliphatic rings. The molecule has 0 fully saturated rings. The van der Waals surface area contributed by atoms with Crippen LogP contribution in [0.5, 0.6) is 0 Å². The molecular weight excluding hydrogens is 444 g/mol. The van der Waals surface area contributed by atoms with E-state index in [1.807, 2.05) is 20.8 Å². The summed E-state index contributed by atoms with van der Waals surface area (Å²) in [5.74, 6) is 0. The van der Waals surface area contributed by atoms with Gasteiger partial charge in [-0.3, -0.25) is 0 Å². The molecule has 2 N–H and O–H groups in total. The lowest BCUT2D eigenvalue weighted by molar-refractivity contribution is 0.0446. The van der Waals surface area contributed by atoms with Gasteiger partial charge >= 0.3 is 6.09 Å². The minimum absolute atomic E-state index is 0.298. The highest BCUT2D eigenvalue weighted by atomic mass is 79.9. The minimum atomic E-state index is -0.486. The van der Waals surface area contributed by atoms with Crippen LogP contribution in [-0.2, 0) is 11.3 Å². The van der Waals surface area contributed by atoms with Crippen molar-refractivity contribution in [1.29, 1.82) is 0 Å². The third-order valence-corrected chi connectivity index (χ3v) is 6.83. The van der Waals surface area contributed by atoms with Crippen LogP contribution < -0.4 is 10.6 Å². The maximum Gasteiger partial charge on any atom is 0.408 e. The van der Waals surface area contributed by atoms with Crippen molar-refractivity contribution in [1.82, 2.24) is 10.6 Å². The van der Waals surface area contributed by atoms with Crippen LogP contribution in [0, 0.1) is 0 Å². The second kappa shape index (κ2) is 8.83. The van der Waals surface area contributed by atoms with E-state index in [9.17, 15) is 4.79 Å². The van der Waals surface area contributed by atoms with Crippen LogP contribution >= 0.6 is 43.2 Å². The van der Waals surface area contributed by atoms with Crippen molar-refractivity contribution in [3.05, 3.63) is 19.2 Å². The highest BCUT2D eigenvalue weighted by Gasteiger charge is 2.30. The number of rotatable bonds is 7. The zero-order chi connectivity index (χ0) is 17.7. The van der Waals surface area contributed by atoms with Crippen molar-refractivity contribution in [3.63, 3.8) is 0 Å². The van der Waals surface area contributed by atoms with E-state index in [2.05, 4.69) is 62.4 Å². The third kappa shape index (κ3) is 7.11. The van der Waals surface area contributed by atoms with Gasteiger partial charge in [0.25, 0.3) is 0 Å². The molecule has 0 radical (unpaired) electrons. The van der Waals surface area contributed by atoms with Gasteiger partial charge in [0.1, 0.15) is 5.60 Å². The molecule has 0 saturated heterocycles. The molecule has 0 unspecified atom stereocenters. The third-order valence-electron chi connectivity index (χ3n) is 3.58. The SMILES string of the molecule is CCC(CC)(CNCc1cc(Br)c(Br)s1)NC(=O)OC(C)(C)C. The van der Waals surface area contributed by atoms with Gasteiger partial charge in [-0.15, -0.1) is 11.3 Å². The smallest absolute Gasteiger partial charge is 0.408 e. The lowest BCUT2D eigenvalue weighted by atomic mass is 9.93. The molecule has 0 bridgehead atoms. The van der Waals surface area contributed by atoms with Gasteiger partial charge < -0.3 is 15.4 Å². The molecule has 0 aliphatic carbocycles. The molecule has 0 saturated carbocycles. The van der Waals surface area contributed by atoms with E-state index < -0.39 is 5.60 Å². The monoisotopic (exact) mass is 468 g/mol. The van der Waals surface area contributed by atoms with Gasteiger partial charge in [-0.1, -0.05) is 13.8 Å². The highest BCUT2D eigenvalue weighted by Crippen LogP contribution is 2.32. The summed E-state index contributed by atoms with van der Waals surface area (Å²) in [5, 5.41) is 6.50. The Morgan fingerprint density at radius 1 is 1.26 bits per heavy atom. The number of amides is 1. The van der Waals surface area contributed by atoms with Gasteiger partial charge in [-0.25, -0.2) is 4.79 Å². The van der Waals surface area contributed by atoms with Crippen molar-refractivity contribution >= 4 is 49.3 Å². The fourth-order valence-corrected chi connectivity index (χ4v) is 4.29. The van der Waals surface area contributed by atoms with E-state index >= 15 is 0 Å². The van der Waals surface area contributed by atoms with E-state index in [4.69, 9.17) is 4.74 Å². The first-order chi connectivity index (χ1) is 10.6. The number of nitrogens with one attached hydrogen (secondary N) is 2. The molecule has 1 rings (SSSR count). The van der Waals surface area contributed by atoms with Crippen molar-refractivity contribution in [3.8, 4) is 0 Å². The second-order valence-corrected chi connectivity index (χ2v) is 9.86. The summed E-state index contributed by atoms with van der Waals surface area (Å²) in [5.41, 5.74) is -0.783. The Morgan fingerprint density at radius 2 is 1.87 bits per heavy atom. The standard InChI is InChI=1S/C16H26Br2N2O2S/c1-6-16(7-2,20-14(21)22-15(3,4)5)10-19-9-11-8-12(17)13(18)23-11/h8,19H,6-7,9-10H2,1-5H3,(H,20,21). The molecule has 1 heterocycles. The fraction of sp³-hybridized carbons (Fsp3) is 0.688. The Kier molecular flexibility index (Phi) is 8.04. The van der Waals surface area contributed by atoms with Crippen LogP contribution in [0.15, 0.2) is 14.3 Å². The summed E-state index contributed by atoms with van der Waals surface area (Å²) in [4.78, 5) is 13.3. The Balaban J connectivity index is 2.60. The van der Waals surface area contributed by atoms with E-state index in [1.165, 1.54) is 4.88 Å². The molecule has 1 aromatic heterocycles. The number of hydrogen-bond donors (Lipinski definition) is 2. The summed E-state index contributed by atoms with van der Waals surface area (Å²) in [6.45, 7) is 11.3. The molecule has 7 heteroatoms. The lowest BCUT2D eigenvalue weighted by Crippen LogP contribution is -2.55. The number of alkyl carbamates (subject to hydrolysis) is 1. The van der Waals surface area contributed by atoms with Crippen LogP contribution in [0.2, 0.25) is 0 Å². The summed E-state index contributed by atoms with van der Waals surface area (Å²) in [6.07, 6.45) is 1.32. The number of ether oxygens (including phenoxy) is 1. The second-order valence-electron chi connectivity index (χ2n) is 6.55. The molecule has 4 nitrogen and oxygen atoms in total. The summed E-state index contributed by atoms with van der Waals surface area (Å²) < 4.78 is 7.56. The maximum absolute atomic E-state index is 12.1. The predicted octanol–water partition coefficient (Wildman–Crippen LogP) is 5.45. The molecule has 0 aliphatic heterocycles. The zero-order valence-corrected chi connectivity index (χ0v) is 18.4. The highest BCUT2D eigenvalue weighted by molar-refractivity contribution is 9.13. The molecule has 0 atom stereocenters. The van der Waals surface area contributed by atoms with Crippen molar-refractivity contribution in [2.24, 2.45) is 0 Å². The number of hydrogen-bond acceptors (Lipinski definition) is 4. The van der Waals surface area contributed by atoms with E-state index in [1.54, 1.807) is 11.3 Å². The zero-order valence-electron chi connectivity index (χ0n) is 14.4. The Hall–Kier alpha value is -0.110. The van der Waals surface area contributed by atoms with Crippen LogP contribution in [0.25, 0.3) is 0 Å². The van der Waals surface area contributed by atoms with Crippen molar-refractivity contribution < 1.29 is 9.53 Å². The Bertz CT molecular complexity index is 503. The van der Waals surface area contributed by atoms with Gasteiger partial charge in [-0.2, -0.15) is 0 Å². The number of halogens is 2. The van der Waals surface area contributed by atoms with Crippen LogP contribution in [0.3, 0.4) is 0 Å². The Labute approximate surface area is 160 Å². The number of thiophene rings is 1. The fourth-order valence-electron chi connectivity index (χ4n) is 2.14. The summed E-state index contributed by atoms with van der Waals surface area (Å²) >= 11 is 8.70. The van der Waals surface area contributed by atoms with Crippen LogP contribution in [-0.4, -0.2) is 23.8 Å². The average Bonchev–Trinajstić information content (AvgIpc) is 2.74. The maximum atomic E-state index is 12.1. The number of carbonyl (C=O) groups is 1. The number of carbonyl (C=O) groups excluding carboxylic acids is 1. The Morgan fingerprint density at radius 3 is 2.30 bits per heavy atom. The summed E-state index contributed by atoms with van der Waals surface area (Å²) in [7, 11) is 0. The average molecular weight is 470 g/mol. The van der Waals surface area contributed by atoms with E-state index in [0.717, 1.165) is 27.6 Å². The van der Waals surface area contributed by atoms with Gasteiger partial charge in [0.2, 0.25) is 0 Å². The van der Waals surface area contributed by atoms with Gasteiger partial charge in [0.15, 0.2) is 0 Å². The van der Waals surface area contributed by atoms with Crippen molar-refractivity contribution in [2.75, 3.05) is 6.54 Å². The van der Waals surface area contributed by atoms with E-state index in [0.29, 0.717) is 6.54 Å². The van der Waals surface area contributed by atoms with Crippen molar-refractivity contribution in [2.45, 2.75) is 65.1 Å². The molecule has 0 spiro atoms. The van der Waals surface area contributed by atoms with Crippen LogP contribution in [0.1, 0.15) is 52.3 Å². The largest absolute Gasteiger partial charge is 0.444 e.